The number of hydrogen-bond acceptors (Lipinski definition) is 6. The number of rotatable bonds is 10. The van der Waals surface area contributed by atoms with Crippen molar-refractivity contribution >= 4 is 29.9 Å². The molecule has 0 fully saturated rings. The smallest absolute Gasteiger partial charge is 0.393 e. The van der Waals surface area contributed by atoms with Gasteiger partial charge in [0, 0.05) is 10.7 Å². The molecule has 1 N–H and O–H groups in total. The van der Waals surface area contributed by atoms with Crippen LogP contribution < -0.4 is 0 Å². The third-order valence-corrected chi connectivity index (χ3v) is 5.23. The average Bonchev–Trinajstić information content (AvgIpc) is 2.45. The molecule has 0 saturated heterocycles. The van der Waals surface area contributed by atoms with Crippen molar-refractivity contribution in [3.05, 3.63) is 0 Å². The Balaban J connectivity index is -0.000000125. The minimum absolute atomic E-state index is 0. The molecule has 0 saturated carbocycles. The molecule has 2 unspecified atom stereocenters. The molecular formula is C18H39ClF6O6S2. The summed E-state index contributed by atoms with van der Waals surface area (Å²) >= 11 is 0. The SMILES string of the molecule is C.C.CCCCC(C)O.CCCCC(C)OS(=O)(=O)CC(F)(F)F.O=S(=O)(Cl)CC(F)(F)F. The van der Waals surface area contributed by atoms with Gasteiger partial charge in [-0.25, -0.2) is 8.42 Å². The van der Waals surface area contributed by atoms with Crippen LogP contribution >= 0.6 is 10.7 Å². The largest absolute Gasteiger partial charge is 0.405 e. The van der Waals surface area contributed by atoms with Crippen LogP contribution in [0.2, 0.25) is 0 Å². The van der Waals surface area contributed by atoms with Crippen LogP contribution in [0.3, 0.4) is 0 Å². The van der Waals surface area contributed by atoms with Crippen molar-refractivity contribution in [2.75, 3.05) is 11.5 Å². The summed E-state index contributed by atoms with van der Waals surface area (Å²) in [4.78, 5) is 0. The van der Waals surface area contributed by atoms with E-state index in [4.69, 9.17) is 5.11 Å². The molecule has 0 amide bonds. The molecule has 0 aliphatic carbocycles. The molecule has 2 atom stereocenters. The second kappa shape index (κ2) is 19.9. The van der Waals surface area contributed by atoms with E-state index in [1.807, 2.05) is 13.8 Å². The standard InChI is InChI=1S/C8H15F3O3S.C6H14O.C2H2ClF3O2S.2CH4/c1-3-4-5-7(2)14-15(12,13)6-8(9,10)11;1-3-4-5-6(2)7;3-9(7,8)1-2(4,5)6;;/h7H,3-6H2,1-2H3;6-7H,3-5H2,1-2H3;1H2;2*1H4. The molecule has 6 nitrogen and oxygen atoms in total. The van der Waals surface area contributed by atoms with Crippen LogP contribution in [0.4, 0.5) is 26.3 Å². The van der Waals surface area contributed by atoms with Crippen molar-refractivity contribution in [3.63, 3.8) is 0 Å². The minimum Gasteiger partial charge on any atom is -0.393 e. The Morgan fingerprint density at radius 3 is 1.39 bits per heavy atom. The van der Waals surface area contributed by atoms with Crippen LogP contribution in [0.25, 0.3) is 0 Å². The lowest BCUT2D eigenvalue weighted by Gasteiger charge is -2.13. The highest BCUT2D eigenvalue weighted by Gasteiger charge is 2.36. The summed E-state index contributed by atoms with van der Waals surface area (Å²) in [5.41, 5.74) is 0. The molecular weight excluding hydrogens is 526 g/mol. The van der Waals surface area contributed by atoms with Crippen molar-refractivity contribution < 1.29 is 52.5 Å². The zero-order chi connectivity index (χ0) is 25.5. The van der Waals surface area contributed by atoms with Crippen LogP contribution in [0, 0.1) is 0 Å². The summed E-state index contributed by atoms with van der Waals surface area (Å²) in [5.74, 6) is -3.89. The Morgan fingerprint density at radius 2 is 1.18 bits per heavy atom. The van der Waals surface area contributed by atoms with Gasteiger partial charge in [0.2, 0.25) is 9.05 Å². The summed E-state index contributed by atoms with van der Waals surface area (Å²) in [7, 11) is -4.66. The first-order valence-electron chi connectivity index (χ1n) is 9.29. The van der Waals surface area contributed by atoms with Crippen molar-refractivity contribution in [2.45, 2.75) is 106 Å². The third kappa shape index (κ3) is 45.8. The van der Waals surface area contributed by atoms with E-state index < -0.39 is 49.1 Å². The maximum absolute atomic E-state index is 11.8. The summed E-state index contributed by atoms with van der Waals surface area (Å²) in [5, 5.41) is 8.68. The molecule has 33 heavy (non-hydrogen) atoms. The first-order chi connectivity index (χ1) is 13.6. The number of aliphatic hydroxyl groups is 1. The van der Waals surface area contributed by atoms with E-state index in [-0.39, 0.29) is 21.0 Å². The van der Waals surface area contributed by atoms with E-state index in [1.165, 1.54) is 13.3 Å². The van der Waals surface area contributed by atoms with E-state index in [9.17, 15) is 43.2 Å². The lowest BCUT2D eigenvalue weighted by Crippen LogP contribution is -2.27. The molecule has 0 aromatic rings. The molecule has 0 aromatic heterocycles. The minimum atomic E-state index is -4.75. The topological polar surface area (TPSA) is 97.7 Å². The van der Waals surface area contributed by atoms with Gasteiger partial charge in [-0.05, 0) is 26.7 Å². The molecule has 15 heteroatoms. The maximum Gasteiger partial charge on any atom is 0.405 e. The van der Waals surface area contributed by atoms with Gasteiger partial charge in [0.05, 0.1) is 12.2 Å². The van der Waals surface area contributed by atoms with Gasteiger partial charge in [-0.1, -0.05) is 54.4 Å². The van der Waals surface area contributed by atoms with Crippen molar-refractivity contribution in [1.29, 1.82) is 0 Å². The molecule has 0 bridgehead atoms. The fourth-order valence-electron chi connectivity index (χ4n) is 1.72. The number of halogens is 7. The molecule has 0 radical (unpaired) electrons. The number of hydrogen-bond donors (Lipinski definition) is 1. The van der Waals surface area contributed by atoms with E-state index in [1.54, 1.807) is 0 Å². The molecule has 0 aliphatic rings. The number of unbranched alkanes of at least 4 members (excludes halogenated alkanes) is 2. The summed E-state index contributed by atoms with van der Waals surface area (Å²) < 4.78 is 114. The van der Waals surface area contributed by atoms with Gasteiger partial charge in [0.1, 0.15) is 0 Å². The summed E-state index contributed by atoms with van der Waals surface area (Å²) in [6, 6.07) is 0. The fourth-order valence-corrected chi connectivity index (χ4v) is 3.55. The summed E-state index contributed by atoms with van der Waals surface area (Å²) in [6.07, 6.45) is -4.98. The molecule has 208 valence electrons. The quantitative estimate of drug-likeness (QED) is 0.187. The zero-order valence-corrected chi connectivity index (χ0v) is 20.2. The van der Waals surface area contributed by atoms with Gasteiger partial charge < -0.3 is 5.11 Å². The number of alkyl halides is 6. The van der Waals surface area contributed by atoms with Crippen molar-refractivity contribution in [2.24, 2.45) is 0 Å². The summed E-state index contributed by atoms with van der Waals surface area (Å²) in [6.45, 7) is 7.30. The predicted molar refractivity (Wildman–Crippen MR) is 120 cm³/mol. The average molecular weight is 565 g/mol. The van der Waals surface area contributed by atoms with Gasteiger partial charge in [-0.15, -0.1) is 0 Å². The zero-order valence-electron chi connectivity index (χ0n) is 17.8. The number of aliphatic hydroxyl groups excluding tert-OH is 1. The van der Waals surface area contributed by atoms with Gasteiger partial charge in [0.25, 0.3) is 10.1 Å². The highest BCUT2D eigenvalue weighted by atomic mass is 35.7. The third-order valence-electron chi connectivity index (χ3n) is 2.93. The Labute approximate surface area is 199 Å². The van der Waals surface area contributed by atoms with Crippen LogP contribution in [-0.2, 0) is 23.4 Å². The lowest BCUT2D eigenvalue weighted by molar-refractivity contribution is -0.108. The Morgan fingerprint density at radius 1 is 0.818 bits per heavy atom. The van der Waals surface area contributed by atoms with Gasteiger partial charge >= 0.3 is 12.4 Å². The Hall–Kier alpha value is -0.310. The lowest BCUT2D eigenvalue weighted by atomic mass is 10.2. The van der Waals surface area contributed by atoms with Gasteiger partial charge in [0.15, 0.2) is 11.5 Å². The molecule has 0 aliphatic heterocycles. The van der Waals surface area contributed by atoms with Gasteiger partial charge in [-0.2, -0.15) is 34.8 Å². The first kappa shape index (κ1) is 42.8. The predicted octanol–water partition coefficient (Wildman–Crippen LogP) is 6.42. The fraction of sp³-hybridized carbons (Fsp3) is 1.00. The van der Waals surface area contributed by atoms with Crippen LogP contribution in [0.1, 0.15) is 81.1 Å². The van der Waals surface area contributed by atoms with E-state index >= 15 is 0 Å². The van der Waals surface area contributed by atoms with Crippen LogP contribution in [0.15, 0.2) is 0 Å². The molecule has 0 heterocycles. The highest BCUT2D eigenvalue weighted by molar-refractivity contribution is 8.13. The van der Waals surface area contributed by atoms with Crippen molar-refractivity contribution in [1.82, 2.24) is 0 Å². The Kier molecular flexibility index (Phi) is 25.9. The van der Waals surface area contributed by atoms with Gasteiger partial charge in [-0.3, -0.25) is 4.18 Å². The van der Waals surface area contributed by atoms with E-state index in [0.29, 0.717) is 6.42 Å². The van der Waals surface area contributed by atoms with E-state index in [0.717, 1.165) is 25.7 Å². The van der Waals surface area contributed by atoms with Crippen LogP contribution in [-0.4, -0.2) is 58.0 Å². The normalized spacial score (nSPS) is 13.7. The second-order valence-corrected chi connectivity index (χ2v) is 11.0. The molecule has 0 spiro atoms. The molecule has 0 aromatic carbocycles. The molecule has 0 rings (SSSR count). The monoisotopic (exact) mass is 564 g/mol. The Bertz CT molecular complexity index is 650. The highest BCUT2D eigenvalue weighted by Crippen LogP contribution is 2.20. The van der Waals surface area contributed by atoms with Crippen LogP contribution in [0.5, 0.6) is 0 Å². The maximum atomic E-state index is 11.8. The van der Waals surface area contributed by atoms with E-state index in [2.05, 4.69) is 21.8 Å². The first-order valence-corrected chi connectivity index (χ1v) is 13.3. The van der Waals surface area contributed by atoms with Crippen molar-refractivity contribution in [3.8, 4) is 0 Å². The second-order valence-electron chi connectivity index (χ2n) is 6.66.